The summed E-state index contributed by atoms with van der Waals surface area (Å²) in [5.74, 6) is 1.89. The molecule has 6 nitrogen and oxygen atoms in total. The van der Waals surface area contributed by atoms with Gasteiger partial charge in [-0.15, -0.1) is 0 Å². The Morgan fingerprint density at radius 3 is 2.70 bits per heavy atom. The van der Waals surface area contributed by atoms with Crippen LogP contribution in [0.15, 0.2) is 6.20 Å². The summed E-state index contributed by atoms with van der Waals surface area (Å²) in [6, 6.07) is 0. The molecule has 2 N–H and O–H groups in total. The lowest BCUT2D eigenvalue weighted by Crippen LogP contribution is -2.29. The van der Waals surface area contributed by atoms with Crippen LogP contribution in [0.1, 0.15) is 56.7 Å². The van der Waals surface area contributed by atoms with Gasteiger partial charge in [-0.3, -0.25) is 5.10 Å². The van der Waals surface area contributed by atoms with Gasteiger partial charge < -0.3 is 19.7 Å². The Hall–Kier alpha value is -0.950. The van der Waals surface area contributed by atoms with Crippen LogP contribution in [0, 0.1) is 11.8 Å². The van der Waals surface area contributed by atoms with Crippen molar-refractivity contribution in [3.8, 4) is 0 Å². The lowest BCUT2D eigenvalue weighted by molar-refractivity contribution is 0.0643. The summed E-state index contributed by atoms with van der Waals surface area (Å²) in [4.78, 5) is 2.36. The van der Waals surface area contributed by atoms with Crippen LogP contribution in [0.5, 0.6) is 0 Å². The van der Waals surface area contributed by atoms with Crippen molar-refractivity contribution < 1.29 is 9.47 Å². The molecule has 1 aliphatic carbocycles. The zero-order valence-electron chi connectivity index (χ0n) is 17.8. The van der Waals surface area contributed by atoms with Crippen molar-refractivity contribution in [1.29, 1.82) is 0 Å². The molecule has 0 spiro atoms. The quantitative estimate of drug-likeness (QED) is 0.515. The van der Waals surface area contributed by atoms with Gasteiger partial charge in [-0.1, -0.05) is 0 Å². The van der Waals surface area contributed by atoms with Crippen LogP contribution < -0.4 is 5.32 Å². The Bertz CT molecular complexity index is 508. The number of hydrogen-bond acceptors (Lipinski definition) is 5. The maximum absolute atomic E-state index is 5.78. The highest BCUT2D eigenvalue weighted by molar-refractivity contribution is 5.21. The van der Waals surface area contributed by atoms with E-state index in [2.05, 4.69) is 41.3 Å². The van der Waals surface area contributed by atoms with Gasteiger partial charge in [0.2, 0.25) is 0 Å². The molecule has 2 rings (SSSR count). The molecule has 1 heterocycles. The van der Waals surface area contributed by atoms with Gasteiger partial charge in [0.1, 0.15) is 0 Å². The van der Waals surface area contributed by atoms with Crippen molar-refractivity contribution in [1.82, 2.24) is 20.4 Å². The van der Waals surface area contributed by atoms with Crippen LogP contribution in [0.4, 0.5) is 0 Å². The highest BCUT2D eigenvalue weighted by Gasteiger charge is 2.31. The van der Waals surface area contributed by atoms with Crippen molar-refractivity contribution in [2.45, 2.75) is 52.0 Å². The zero-order chi connectivity index (χ0) is 19.5. The summed E-state index contributed by atoms with van der Waals surface area (Å²) in [5.41, 5.74) is 2.69. The van der Waals surface area contributed by atoms with Crippen molar-refractivity contribution in [3.63, 3.8) is 0 Å². The summed E-state index contributed by atoms with van der Waals surface area (Å²) in [7, 11) is 4.18. The SMILES string of the molecule is CCOCC[C@H]1C[C@@H](COCC)C[C@@H](c2[nH]ncc2CN(C)CCNC)C1. The lowest BCUT2D eigenvalue weighted by Gasteiger charge is -2.35. The van der Waals surface area contributed by atoms with Gasteiger partial charge in [0.05, 0.1) is 6.20 Å². The van der Waals surface area contributed by atoms with Crippen LogP contribution in [-0.4, -0.2) is 68.7 Å². The van der Waals surface area contributed by atoms with Crippen molar-refractivity contribution >= 4 is 0 Å². The fourth-order valence-corrected chi connectivity index (χ4v) is 4.32. The zero-order valence-corrected chi connectivity index (χ0v) is 17.8. The molecule has 6 heteroatoms. The number of H-pyrrole nitrogens is 1. The minimum absolute atomic E-state index is 0.547. The second kappa shape index (κ2) is 12.5. The minimum Gasteiger partial charge on any atom is -0.382 e. The first kappa shape index (κ1) is 22.3. The van der Waals surface area contributed by atoms with E-state index in [1.165, 1.54) is 30.5 Å². The molecule has 0 radical (unpaired) electrons. The summed E-state index contributed by atoms with van der Waals surface area (Å²) in [5, 5.41) is 11.0. The van der Waals surface area contributed by atoms with E-state index in [-0.39, 0.29) is 0 Å². The normalized spacial score (nSPS) is 23.2. The van der Waals surface area contributed by atoms with Gasteiger partial charge in [-0.05, 0) is 65.5 Å². The monoisotopic (exact) mass is 380 g/mol. The molecule has 0 unspecified atom stereocenters. The third-order valence-corrected chi connectivity index (χ3v) is 5.68. The van der Waals surface area contributed by atoms with E-state index in [0.717, 1.165) is 52.5 Å². The first-order valence-corrected chi connectivity index (χ1v) is 10.7. The average molecular weight is 381 g/mol. The van der Waals surface area contributed by atoms with Gasteiger partial charge in [-0.25, -0.2) is 0 Å². The smallest absolute Gasteiger partial charge is 0.0535 e. The number of rotatable bonds is 13. The summed E-state index contributed by atoms with van der Waals surface area (Å²) in [6.07, 6.45) is 6.85. The van der Waals surface area contributed by atoms with Crippen LogP contribution in [0.2, 0.25) is 0 Å². The molecular weight excluding hydrogens is 340 g/mol. The molecule has 0 aliphatic heterocycles. The molecule has 0 saturated heterocycles. The minimum atomic E-state index is 0.547. The number of nitrogens with one attached hydrogen (secondary N) is 2. The van der Waals surface area contributed by atoms with Gasteiger partial charge >= 0.3 is 0 Å². The molecule has 27 heavy (non-hydrogen) atoms. The fourth-order valence-electron chi connectivity index (χ4n) is 4.32. The van der Waals surface area contributed by atoms with E-state index in [0.29, 0.717) is 17.8 Å². The van der Waals surface area contributed by atoms with E-state index in [1.807, 2.05) is 13.2 Å². The molecule has 0 amide bonds. The average Bonchev–Trinajstić information content (AvgIpc) is 3.13. The predicted molar refractivity (Wildman–Crippen MR) is 110 cm³/mol. The molecule has 1 aromatic rings. The number of ether oxygens (including phenoxy) is 2. The van der Waals surface area contributed by atoms with Gasteiger partial charge in [-0.2, -0.15) is 5.10 Å². The standard InChI is InChI=1S/C21H40N4O2/c1-5-26-10-7-17-11-18(16-27-6-2)13-19(12-17)21-20(14-23-24-21)15-25(4)9-8-22-3/h14,17-19,22H,5-13,15-16H2,1-4H3,(H,23,24)/t17-,18+,19-/m0/s1. The Kier molecular flexibility index (Phi) is 10.3. The van der Waals surface area contributed by atoms with E-state index < -0.39 is 0 Å². The topological polar surface area (TPSA) is 62.4 Å². The number of hydrogen-bond donors (Lipinski definition) is 2. The molecular formula is C21H40N4O2. The van der Waals surface area contributed by atoms with Crippen LogP contribution in [-0.2, 0) is 16.0 Å². The predicted octanol–water partition coefficient (Wildman–Crippen LogP) is 3.02. The molecule has 0 bridgehead atoms. The fraction of sp³-hybridized carbons (Fsp3) is 0.857. The molecule has 1 saturated carbocycles. The first-order valence-electron chi connectivity index (χ1n) is 10.7. The number of aromatic nitrogens is 2. The highest BCUT2D eigenvalue weighted by atomic mass is 16.5. The van der Waals surface area contributed by atoms with E-state index in [9.17, 15) is 0 Å². The highest BCUT2D eigenvalue weighted by Crippen LogP contribution is 2.41. The summed E-state index contributed by atoms with van der Waals surface area (Å²) >= 11 is 0. The number of aromatic amines is 1. The molecule has 3 atom stereocenters. The number of likely N-dealkylation sites (N-methyl/N-ethyl adjacent to an activating group) is 2. The van der Waals surface area contributed by atoms with E-state index >= 15 is 0 Å². The maximum atomic E-state index is 5.78. The van der Waals surface area contributed by atoms with Crippen LogP contribution >= 0.6 is 0 Å². The van der Waals surface area contributed by atoms with Gasteiger partial charge in [0.25, 0.3) is 0 Å². The Morgan fingerprint density at radius 1 is 1.19 bits per heavy atom. The molecule has 0 aromatic carbocycles. The Labute approximate surface area is 165 Å². The maximum Gasteiger partial charge on any atom is 0.0535 e. The van der Waals surface area contributed by atoms with E-state index in [1.54, 1.807) is 0 Å². The van der Waals surface area contributed by atoms with Crippen molar-refractivity contribution in [2.75, 3.05) is 53.6 Å². The van der Waals surface area contributed by atoms with E-state index in [4.69, 9.17) is 9.47 Å². The summed E-state index contributed by atoms with van der Waals surface area (Å²) in [6.45, 7) is 10.5. The third kappa shape index (κ3) is 7.53. The van der Waals surface area contributed by atoms with Crippen LogP contribution in [0.3, 0.4) is 0 Å². The first-order chi connectivity index (χ1) is 13.2. The Morgan fingerprint density at radius 2 is 1.96 bits per heavy atom. The molecule has 1 fully saturated rings. The molecule has 156 valence electrons. The lowest BCUT2D eigenvalue weighted by atomic mass is 9.72. The Balaban J connectivity index is 2.02. The third-order valence-electron chi connectivity index (χ3n) is 5.68. The van der Waals surface area contributed by atoms with Crippen molar-refractivity contribution in [2.24, 2.45) is 11.8 Å². The second-order valence-corrected chi connectivity index (χ2v) is 7.93. The van der Waals surface area contributed by atoms with Gasteiger partial charge in [0, 0.05) is 63.2 Å². The summed E-state index contributed by atoms with van der Waals surface area (Å²) < 4.78 is 11.4. The second-order valence-electron chi connectivity index (χ2n) is 7.93. The van der Waals surface area contributed by atoms with Gasteiger partial charge in [0.15, 0.2) is 0 Å². The molecule has 1 aliphatic rings. The van der Waals surface area contributed by atoms with Crippen LogP contribution in [0.25, 0.3) is 0 Å². The molecule has 1 aromatic heterocycles. The number of nitrogens with zero attached hydrogens (tertiary/aromatic N) is 2. The largest absolute Gasteiger partial charge is 0.382 e. The van der Waals surface area contributed by atoms with Crippen molar-refractivity contribution in [3.05, 3.63) is 17.5 Å².